The van der Waals surface area contributed by atoms with Crippen molar-refractivity contribution in [2.24, 2.45) is 29.2 Å². The van der Waals surface area contributed by atoms with E-state index in [0.717, 1.165) is 0 Å². The highest BCUT2D eigenvalue weighted by Crippen LogP contribution is 2.12. The van der Waals surface area contributed by atoms with Gasteiger partial charge in [0.25, 0.3) is 0 Å². The first-order valence-corrected chi connectivity index (χ1v) is 11.4. The average Bonchev–Trinajstić information content (AvgIpc) is 2.71. The predicted octanol–water partition coefficient (Wildman–Crippen LogP) is -0.134. The Morgan fingerprint density at radius 3 is 1.79 bits per heavy atom. The second-order valence-electron chi connectivity index (χ2n) is 9.24. The predicted molar refractivity (Wildman–Crippen MR) is 124 cm³/mol. The number of carboxylic acids is 1. The first kappa shape index (κ1) is 30.3. The van der Waals surface area contributed by atoms with Crippen molar-refractivity contribution >= 4 is 29.6 Å². The molecule has 0 heterocycles. The highest BCUT2D eigenvalue weighted by molar-refractivity contribution is 5.94. The molecule has 0 aliphatic heterocycles. The number of nitrogens with one attached hydrogen (secondary N) is 3. The van der Waals surface area contributed by atoms with Gasteiger partial charge in [-0.15, -0.1) is 0 Å². The average molecular weight is 472 g/mol. The molecule has 0 fully saturated rings. The molecule has 0 aromatic rings. The van der Waals surface area contributed by atoms with Crippen LogP contribution in [0.25, 0.3) is 0 Å². The smallest absolute Gasteiger partial charge is 0.326 e. The van der Waals surface area contributed by atoms with E-state index in [-0.39, 0.29) is 37.0 Å². The number of aliphatic carboxylic acids is 1. The van der Waals surface area contributed by atoms with Gasteiger partial charge in [-0.05, 0) is 30.6 Å². The SMILES string of the molecule is CCC(C)C(NC(=O)C(N)CCC(N)=O)C(=O)NC(C(=O)NC(CC(C)C)C(=O)O)C(C)C. The summed E-state index contributed by atoms with van der Waals surface area (Å²) in [5, 5.41) is 17.2. The minimum atomic E-state index is -1.15. The summed E-state index contributed by atoms with van der Waals surface area (Å²) in [6, 6.07) is -4.07. The van der Waals surface area contributed by atoms with E-state index in [1.165, 1.54) is 0 Å². The second kappa shape index (κ2) is 14.5. The molecule has 11 nitrogen and oxygen atoms in total. The lowest BCUT2D eigenvalue weighted by Gasteiger charge is -2.29. The van der Waals surface area contributed by atoms with Crippen molar-refractivity contribution in [3.8, 4) is 0 Å². The molecule has 0 aliphatic carbocycles. The second-order valence-corrected chi connectivity index (χ2v) is 9.24. The highest BCUT2D eigenvalue weighted by atomic mass is 16.4. The van der Waals surface area contributed by atoms with E-state index in [0.29, 0.717) is 6.42 Å². The van der Waals surface area contributed by atoms with E-state index in [1.54, 1.807) is 20.8 Å². The molecule has 0 saturated carbocycles. The van der Waals surface area contributed by atoms with Gasteiger partial charge in [-0.2, -0.15) is 0 Å². The normalized spacial score (nSPS) is 15.8. The molecule has 0 bridgehead atoms. The third-order valence-corrected chi connectivity index (χ3v) is 5.40. The fraction of sp³-hybridized carbons (Fsp3) is 0.773. The summed E-state index contributed by atoms with van der Waals surface area (Å²) >= 11 is 0. The van der Waals surface area contributed by atoms with E-state index in [4.69, 9.17) is 11.5 Å². The Labute approximate surface area is 195 Å². The van der Waals surface area contributed by atoms with Crippen LogP contribution in [0.5, 0.6) is 0 Å². The molecule has 0 aromatic heterocycles. The third kappa shape index (κ3) is 11.1. The first-order chi connectivity index (χ1) is 15.2. The molecule has 0 spiro atoms. The number of amides is 4. The lowest BCUT2D eigenvalue weighted by atomic mass is 9.95. The Kier molecular flexibility index (Phi) is 13.3. The minimum absolute atomic E-state index is 0.0411. The van der Waals surface area contributed by atoms with Gasteiger partial charge in [0.15, 0.2) is 0 Å². The number of carbonyl (C=O) groups is 5. The van der Waals surface area contributed by atoms with Crippen molar-refractivity contribution < 1.29 is 29.1 Å². The van der Waals surface area contributed by atoms with Crippen LogP contribution >= 0.6 is 0 Å². The largest absolute Gasteiger partial charge is 0.480 e. The maximum Gasteiger partial charge on any atom is 0.326 e. The summed E-state index contributed by atoms with van der Waals surface area (Å²) in [4.78, 5) is 60.8. The Bertz CT molecular complexity index is 697. The number of nitrogens with two attached hydrogens (primary N) is 2. The molecule has 5 atom stereocenters. The van der Waals surface area contributed by atoms with Gasteiger partial charge in [-0.3, -0.25) is 19.2 Å². The molecular weight excluding hydrogens is 430 g/mol. The van der Waals surface area contributed by atoms with Crippen molar-refractivity contribution in [3.05, 3.63) is 0 Å². The van der Waals surface area contributed by atoms with Crippen LogP contribution in [0.3, 0.4) is 0 Å². The zero-order valence-corrected chi connectivity index (χ0v) is 20.5. The maximum atomic E-state index is 13.0. The molecule has 0 aliphatic rings. The van der Waals surface area contributed by atoms with E-state index in [9.17, 15) is 29.1 Å². The number of hydrogen-bond donors (Lipinski definition) is 6. The summed E-state index contributed by atoms with van der Waals surface area (Å²) in [6.45, 7) is 10.8. The summed E-state index contributed by atoms with van der Waals surface area (Å²) in [5.74, 6) is -4.11. The van der Waals surface area contributed by atoms with Crippen molar-refractivity contribution in [3.63, 3.8) is 0 Å². The van der Waals surface area contributed by atoms with Gasteiger partial charge in [0.2, 0.25) is 23.6 Å². The molecule has 11 heteroatoms. The number of primary amides is 1. The molecule has 4 amide bonds. The van der Waals surface area contributed by atoms with E-state index >= 15 is 0 Å². The van der Waals surface area contributed by atoms with Crippen LogP contribution in [0.15, 0.2) is 0 Å². The molecular formula is C22H41N5O6. The summed E-state index contributed by atoms with van der Waals surface area (Å²) in [7, 11) is 0. The first-order valence-electron chi connectivity index (χ1n) is 11.4. The van der Waals surface area contributed by atoms with Gasteiger partial charge in [-0.1, -0.05) is 48.0 Å². The fourth-order valence-corrected chi connectivity index (χ4v) is 3.12. The highest BCUT2D eigenvalue weighted by Gasteiger charge is 2.33. The van der Waals surface area contributed by atoms with Gasteiger partial charge in [0, 0.05) is 6.42 Å². The van der Waals surface area contributed by atoms with Crippen molar-refractivity contribution in [2.45, 2.75) is 91.4 Å². The van der Waals surface area contributed by atoms with Crippen LogP contribution in [0.1, 0.15) is 67.2 Å². The van der Waals surface area contributed by atoms with Crippen LogP contribution in [0.4, 0.5) is 0 Å². The number of carbonyl (C=O) groups excluding carboxylic acids is 4. The van der Waals surface area contributed by atoms with Gasteiger partial charge in [0.05, 0.1) is 6.04 Å². The lowest BCUT2D eigenvalue weighted by molar-refractivity contribution is -0.143. The Balaban J connectivity index is 5.45. The van der Waals surface area contributed by atoms with Gasteiger partial charge >= 0.3 is 5.97 Å². The molecule has 0 saturated heterocycles. The van der Waals surface area contributed by atoms with E-state index < -0.39 is 53.8 Å². The zero-order chi connectivity index (χ0) is 25.9. The summed E-state index contributed by atoms with van der Waals surface area (Å²) < 4.78 is 0. The van der Waals surface area contributed by atoms with Gasteiger partial charge in [-0.25, -0.2) is 4.79 Å². The van der Waals surface area contributed by atoms with E-state index in [1.807, 2.05) is 20.8 Å². The third-order valence-electron chi connectivity index (χ3n) is 5.40. The van der Waals surface area contributed by atoms with Gasteiger partial charge in [0.1, 0.15) is 18.1 Å². The van der Waals surface area contributed by atoms with Crippen molar-refractivity contribution in [1.82, 2.24) is 16.0 Å². The van der Waals surface area contributed by atoms with E-state index in [2.05, 4.69) is 16.0 Å². The van der Waals surface area contributed by atoms with Crippen LogP contribution in [-0.4, -0.2) is 58.9 Å². The minimum Gasteiger partial charge on any atom is -0.480 e. The van der Waals surface area contributed by atoms with Crippen LogP contribution < -0.4 is 27.4 Å². The molecule has 190 valence electrons. The molecule has 0 radical (unpaired) electrons. The quantitative estimate of drug-likeness (QED) is 0.191. The number of rotatable bonds is 15. The molecule has 5 unspecified atom stereocenters. The van der Waals surface area contributed by atoms with Crippen molar-refractivity contribution in [2.75, 3.05) is 0 Å². The van der Waals surface area contributed by atoms with Crippen LogP contribution in [-0.2, 0) is 24.0 Å². The molecule has 0 aromatic carbocycles. The zero-order valence-electron chi connectivity index (χ0n) is 20.5. The van der Waals surface area contributed by atoms with Crippen LogP contribution in [0, 0.1) is 17.8 Å². The maximum absolute atomic E-state index is 13.0. The summed E-state index contributed by atoms with van der Waals surface area (Å²) in [6.07, 6.45) is 0.780. The molecule has 0 rings (SSSR count). The Hall–Kier alpha value is -2.69. The Morgan fingerprint density at radius 1 is 0.848 bits per heavy atom. The van der Waals surface area contributed by atoms with Crippen LogP contribution in [0.2, 0.25) is 0 Å². The van der Waals surface area contributed by atoms with Gasteiger partial charge < -0.3 is 32.5 Å². The lowest BCUT2D eigenvalue weighted by Crippen LogP contribution is -2.59. The van der Waals surface area contributed by atoms with Crippen molar-refractivity contribution in [1.29, 1.82) is 0 Å². The standard InChI is InChI=1S/C22H41N5O6/c1-7-13(6)18(27-19(29)14(23)8-9-16(24)28)21(31)26-17(12(4)5)20(30)25-15(22(32)33)10-11(2)3/h11-15,17-18H,7-10,23H2,1-6H3,(H2,24,28)(H,25,30)(H,26,31)(H,27,29)(H,32,33). The number of hydrogen-bond acceptors (Lipinski definition) is 6. The fourth-order valence-electron chi connectivity index (χ4n) is 3.12. The molecule has 33 heavy (non-hydrogen) atoms. The number of carboxylic acid groups (broad SMARTS) is 1. The molecule has 8 N–H and O–H groups in total. The summed E-state index contributed by atoms with van der Waals surface area (Å²) in [5.41, 5.74) is 10.9. The monoisotopic (exact) mass is 471 g/mol. The Morgan fingerprint density at radius 2 is 1.36 bits per heavy atom. The topological polar surface area (TPSA) is 194 Å².